The van der Waals surface area contributed by atoms with E-state index in [2.05, 4.69) is 10.3 Å². The molecule has 0 saturated carbocycles. The lowest BCUT2D eigenvalue weighted by Gasteiger charge is -2.36. The van der Waals surface area contributed by atoms with Crippen molar-refractivity contribution in [2.45, 2.75) is 13.0 Å². The number of nitrogens with one attached hydrogen (secondary N) is 1. The monoisotopic (exact) mass is 418 g/mol. The molecule has 1 N–H and O–H groups in total. The number of aromatic nitrogens is 2. The predicted molar refractivity (Wildman–Crippen MR) is 112 cm³/mol. The van der Waals surface area contributed by atoms with Crippen molar-refractivity contribution in [2.75, 3.05) is 19.6 Å². The van der Waals surface area contributed by atoms with Gasteiger partial charge in [0.2, 0.25) is 0 Å². The van der Waals surface area contributed by atoms with Gasteiger partial charge in [0.15, 0.2) is 0 Å². The SMILES string of the molecule is Cc1ccn2c(=O)c(C(=O)N3CCNCC3c3ccccc3Cl)cnc2c1.Cl. The van der Waals surface area contributed by atoms with Crippen LogP contribution in [-0.2, 0) is 0 Å². The van der Waals surface area contributed by atoms with Crippen molar-refractivity contribution in [3.05, 3.63) is 80.9 Å². The second-order valence-corrected chi connectivity index (χ2v) is 7.06. The number of benzene rings is 1. The zero-order chi connectivity index (χ0) is 19.0. The highest BCUT2D eigenvalue weighted by Crippen LogP contribution is 2.29. The van der Waals surface area contributed by atoms with Gasteiger partial charge < -0.3 is 10.2 Å². The van der Waals surface area contributed by atoms with Crippen molar-refractivity contribution >= 4 is 35.6 Å². The first-order valence-electron chi connectivity index (χ1n) is 8.80. The Morgan fingerprint density at radius 3 is 2.86 bits per heavy atom. The first-order chi connectivity index (χ1) is 13.1. The van der Waals surface area contributed by atoms with E-state index in [0.29, 0.717) is 30.3 Å². The minimum Gasteiger partial charge on any atom is -0.329 e. The number of pyridine rings is 1. The summed E-state index contributed by atoms with van der Waals surface area (Å²) in [6.45, 7) is 3.66. The van der Waals surface area contributed by atoms with Crippen LogP contribution in [0.1, 0.15) is 27.5 Å². The van der Waals surface area contributed by atoms with E-state index in [9.17, 15) is 9.59 Å². The van der Waals surface area contributed by atoms with Crippen LogP contribution in [0.15, 0.2) is 53.6 Å². The van der Waals surface area contributed by atoms with Gasteiger partial charge in [-0.3, -0.25) is 14.0 Å². The quantitative estimate of drug-likeness (QED) is 0.694. The second kappa shape index (κ2) is 8.31. The number of aryl methyl sites for hydroxylation is 1. The van der Waals surface area contributed by atoms with Crippen LogP contribution in [0, 0.1) is 6.92 Å². The summed E-state index contributed by atoms with van der Waals surface area (Å²) < 4.78 is 1.41. The molecule has 1 unspecified atom stereocenters. The molecule has 6 nitrogen and oxygen atoms in total. The van der Waals surface area contributed by atoms with Crippen LogP contribution in [0.3, 0.4) is 0 Å². The van der Waals surface area contributed by atoms with E-state index in [0.717, 1.165) is 11.1 Å². The Hall–Kier alpha value is -2.41. The number of halogens is 2. The molecule has 1 saturated heterocycles. The Morgan fingerprint density at radius 2 is 2.07 bits per heavy atom. The summed E-state index contributed by atoms with van der Waals surface area (Å²) in [6.07, 6.45) is 3.03. The van der Waals surface area contributed by atoms with Gasteiger partial charge in [0, 0.05) is 37.1 Å². The third-order valence-corrected chi connectivity index (χ3v) is 5.21. The highest BCUT2D eigenvalue weighted by molar-refractivity contribution is 6.31. The molecule has 1 atom stereocenters. The maximum absolute atomic E-state index is 13.2. The summed E-state index contributed by atoms with van der Waals surface area (Å²) in [4.78, 5) is 32.1. The number of piperazine rings is 1. The van der Waals surface area contributed by atoms with Gasteiger partial charge >= 0.3 is 0 Å². The molecule has 146 valence electrons. The average molecular weight is 419 g/mol. The number of fused-ring (bicyclic) bond motifs is 1. The van der Waals surface area contributed by atoms with Gasteiger partial charge in [0.25, 0.3) is 11.5 Å². The van der Waals surface area contributed by atoms with E-state index in [4.69, 9.17) is 11.6 Å². The predicted octanol–water partition coefficient (Wildman–Crippen LogP) is 2.86. The lowest BCUT2D eigenvalue weighted by atomic mass is 10.0. The van der Waals surface area contributed by atoms with E-state index in [1.165, 1.54) is 10.6 Å². The standard InChI is InChI=1S/C20H19ClN4O2.ClH/c1-13-6-8-25-18(10-13)23-11-15(20(25)27)19(26)24-9-7-22-12-17(24)14-4-2-3-5-16(14)21;/h2-6,8,10-11,17,22H,7,9,12H2,1H3;1H. The normalized spacial score (nSPS) is 16.6. The molecular weight excluding hydrogens is 399 g/mol. The fourth-order valence-electron chi connectivity index (χ4n) is 3.45. The van der Waals surface area contributed by atoms with Crippen LogP contribution in [0.5, 0.6) is 0 Å². The van der Waals surface area contributed by atoms with E-state index < -0.39 is 0 Å². The number of nitrogens with zero attached hydrogens (tertiary/aromatic N) is 3. The average Bonchev–Trinajstić information content (AvgIpc) is 2.68. The molecule has 28 heavy (non-hydrogen) atoms. The molecule has 3 aromatic rings. The number of hydrogen-bond donors (Lipinski definition) is 1. The fraction of sp³-hybridized carbons (Fsp3) is 0.250. The largest absolute Gasteiger partial charge is 0.329 e. The summed E-state index contributed by atoms with van der Waals surface area (Å²) in [5, 5.41) is 3.90. The molecule has 0 bridgehead atoms. The molecule has 1 aliphatic rings. The Labute approximate surface area is 173 Å². The van der Waals surface area contributed by atoms with Crippen molar-refractivity contribution in [3.8, 4) is 0 Å². The molecule has 0 aliphatic carbocycles. The van der Waals surface area contributed by atoms with Crippen LogP contribution < -0.4 is 10.9 Å². The van der Waals surface area contributed by atoms with Gasteiger partial charge in [-0.25, -0.2) is 4.98 Å². The Morgan fingerprint density at radius 1 is 1.29 bits per heavy atom. The number of carbonyl (C=O) groups is 1. The van der Waals surface area contributed by atoms with E-state index in [-0.39, 0.29) is 35.5 Å². The van der Waals surface area contributed by atoms with Crippen LogP contribution in [-0.4, -0.2) is 39.8 Å². The molecule has 2 aromatic heterocycles. The summed E-state index contributed by atoms with van der Waals surface area (Å²) in [6, 6.07) is 10.9. The van der Waals surface area contributed by atoms with E-state index in [1.807, 2.05) is 43.3 Å². The lowest BCUT2D eigenvalue weighted by Crippen LogP contribution is -2.49. The number of amides is 1. The molecule has 1 fully saturated rings. The van der Waals surface area contributed by atoms with Crippen molar-refractivity contribution < 1.29 is 4.79 Å². The Bertz CT molecular complexity index is 1080. The van der Waals surface area contributed by atoms with Crippen LogP contribution in [0.25, 0.3) is 5.65 Å². The maximum atomic E-state index is 13.2. The molecule has 1 aliphatic heterocycles. The van der Waals surface area contributed by atoms with Gasteiger partial charge in [0.1, 0.15) is 11.2 Å². The number of hydrogen-bond acceptors (Lipinski definition) is 4. The molecule has 1 aromatic carbocycles. The highest BCUT2D eigenvalue weighted by atomic mass is 35.5. The van der Waals surface area contributed by atoms with Crippen LogP contribution in [0.2, 0.25) is 5.02 Å². The third-order valence-electron chi connectivity index (χ3n) is 4.86. The van der Waals surface area contributed by atoms with Crippen LogP contribution >= 0.6 is 24.0 Å². The first kappa shape index (κ1) is 20.3. The third kappa shape index (κ3) is 3.63. The summed E-state index contributed by atoms with van der Waals surface area (Å²) in [7, 11) is 0. The van der Waals surface area contributed by atoms with Crippen molar-refractivity contribution in [3.63, 3.8) is 0 Å². The minimum absolute atomic E-state index is 0. The Balaban J connectivity index is 0.00000225. The maximum Gasteiger partial charge on any atom is 0.270 e. The molecular formula is C20H20Cl2N4O2. The van der Waals surface area contributed by atoms with Gasteiger partial charge in [-0.1, -0.05) is 29.8 Å². The van der Waals surface area contributed by atoms with Crippen molar-refractivity contribution in [2.24, 2.45) is 0 Å². The van der Waals surface area contributed by atoms with Gasteiger partial charge in [-0.15, -0.1) is 12.4 Å². The highest BCUT2D eigenvalue weighted by Gasteiger charge is 2.31. The summed E-state index contributed by atoms with van der Waals surface area (Å²) in [5.74, 6) is -0.325. The van der Waals surface area contributed by atoms with Gasteiger partial charge in [0.05, 0.1) is 6.04 Å². The summed E-state index contributed by atoms with van der Waals surface area (Å²) in [5.41, 5.74) is 2.10. The zero-order valence-electron chi connectivity index (χ0n) is 15.3. The number of rotatable bonds is 2. The molecule has 8 heteroatoms. The van der Waals surface area contributed by atoms with Gasteiger partial charge in [-0.05, 0) is 36.2 Å². The molecule has 4 rings (SSSR count). The molecule has 3 heterocycles. The fourth-order valence-corrected chi connectivity index (χ4v) is 3.71. The molecule has 0 spiro atoms. The summed E-state index contributed by atoms with van der Waals surface area (Å²) >= 11 is 6.35. The van der Waals surface area contributed by atoms with Crippen molar-refractivity contribution in [1.29, 1.82) is 0 Å². The second-order valence-electron chi connectivity index (χ2n) is 6.65. The first-order valence-corrected chi connectivity index (χ1v) is 9.18. The number of carbonyl (C=O) groups excluding carboxylic acids is 1. The Kier molecular flexibility index (Phi) is 6.03. The minimum atomic E-state index is -0.360. The zero-order valence-corrected chi connectivity index (χ0v) is 16.8. The smallest absolute Gasteiger partial charge is 0.270 e. The van der Waals surface area contributed by atoms with Crippen molar-refractivity contribution in [1.82, 2.24) is 19.6 Å². The topological polar surface area (TPSA) is 66.7 Å². The van der Waals surface area contributed by atoms with Gasteiger partial charge in [-0.2, -0.15) is 0 Å². The molecule has 0 radical (unpaired) electrons. The van der Waals surface area contributed by atoms with E-state index in [1.54, 1.807) is 11.1 Å². The van der Waals surface area contributed by atoms with E-state index >= 15 is 0 Å². The van der Waals surface area contributed by atoms with Crippen LogP contribution in [0.4, 0.5) is 0 Å². The molecule has 1 amide bonds. The lowest BCUT2D eigenvalue weighted by molar-refractivity contribution is 0.0632.